The molecule has 6 nitrogen and oxygen atoms in total. The summed E-state index contributed by atoms with van der Waals surface area (Å²) < 4.78 is 80.3. The van der Waals surface area contributed by atoms with Gasteiger partial charge in [-0.2, -0.15) is 26.3 Å². The van der Waals surface area contributed by atoms with E-state index in [0.29, 0.717) is 12.5 Å². The first-order valence-electron chi connectivity index (χ1n) is 10.3. The lowest BCUT2D eigenvalue weighted by atomic mass is 10.1. The fourth-order valence-electron chi connectivity index (χ4n) is 3.73. The zero-order valence-electron chi connectivity index (χ0n) is 17.8. The number of H-pyrrole nitrogens is 2. The van der Waals surface area contributed by atoms with E-state index in [0.717, 1.165) is 5.56 Å². The highest BCUT2D eigenvalue weighted by Crippen LogP contribution is 2.40. The molecule has 4 N–H and O–H groups in total. The van der Waals surface area contributed by atoms with E-state index in [1.54, 1.807) is 0 Å². The van der Waals surface area contributed by atoms with Gasteiger partial charge in [-0.05, 0) is 30.2 Å². The molecule has 12 heteroatoms. The van der Waals surface area contributed by atoms with Gasteiger partial charge in [0.15, 0.2) is 0 Å². The molecule has 0 aliphatic heterocycles. The fourth-order valence-corrected chi connectivity index (χ4v) is 3.73. The maximum absolute atomic E-state index is 13.6. The summed E-state index contributed by atoms with van der Waals surface area (Å²) in [5, 5.41) is 12.8. The van der Waals surface area contributed by atoms with Gasteiger partial charge in [-0.25, -0.2) is 4.98 Å². The number of benzene rings is 2. The van der Waals surface area contributed by atoms with Crippen molar-refractivity contribution in [2.75, 3.05) is 11.9 Å². The van der Waals surface area contributed by atoms with Gasteiger partial charge >= 0.3 is 12.4 Å². The van der Waals surface area contributed by atoms with Gasteiger partial charge in [-0.15, -0.1) is 0 Å². The van der Waals surface area contributed by atoms with Crippen LogP contribution in [0.5, 0.6) is 0 Å². The Hall–Kier alpha value is -3.80. The molecule has 4 rings (SSSR count). The summed E-state index contributed by atoms with van der Waals surface area (Å²) in [6.45, 7) is -0.339. The molecule has 0 spiro atoms. The number of aliphatic hydroxyl groups is 1. The molecule has 0 saturated carbocycles. The SMILES string of the molecule is O=c1[nH]ccc(N[C@H](CO)Cc2ccccc2)c1-c1nc2c(C(F)(F)F)cc(C(F)(F)F)cc2[nH]1. The number of aromatic amines is 2. The lowest BCUT2D eigenvalue weighted by Gasteiger charge is -2.19. The van der Waals surface area contributed by atoms with E-state index < -0.39 is 46.1 Å². The largest absolute Gasteiger partial charge is 0.418 e. The van der Waals surface area contributed by atoms with Crippen molar-refractivity contribution in [1.82, 2.24) is 15.0 Å². The first-order valence-corrected chi connectivity index (χ1v) is 10.3. The Labute approximate surface area is 193 Å². The number of imidazole rings is 1. The van der Waals surface area contributed by atoms with Crippen molar-refractivity contribution in [2.24, 2.45) is 0 Å². The highest BCUT2D eigenvalue weighted by Gasteiger charge is 2.39. The molecule has 0 bridgehead atoms. The van der Waals surface area contributed by atoms with Crippen molar-refractivity contribution in [2.45, 2.75) is 24.8 Å². The zero-order valence-corrected chi connectivity index (χ0v) is 17.8. The molecule has 0 aliphatic carbocycles. The molecule has 2 aromatic heterocycles. The predicted octanol–water partition coefficient (Wildman–Crippen LogP) is 4.97. The molecule has 2 heterocycles. The Balaban J connectivity index is 1.81. The maximum Gasteiger partial charge on any atom is 0.418 e. The van der Waals surface area contributed by atoms with Gasteiger partial charge in [0.1, 0.15) is 16.9 Å². The van der Waals surface area contributed by atoms with Crippen LogP contribution in [0.4, 0.5) is 32.0 Å². The standard InChI is InChI=1S/C23H18F6N4O2/c24-22(25,26)13-9-15(23(27,28)29)19-17(10-13)32-20(33-19)18-16(6-7-30-21(18)35)31-14(11-34)8-12-4-2-1-3-5-12/h1-7,9-10,14,34H,8,11H2,(H,32,33)(H2,30,31,35)/t14-/m0/s1. The van der Waals surface area contributed by atoms with Gasteiger partial charge in [0.05, 0.1) is 35.0 Å². The predicted molar refractivity (Wildman–Crippen MR) is 117 cm³/mol. The van der Waals surface area contributed by atoms with Crippen molar-refractivity contribution in [3.63, 3.8) is 0 Å². The second-order valence-electron chi connectivity index (χ2n) is 7.81. The van der Waals surface area contributed by atoms with Crippen molar-refractivity contribution in [3.8, 4) is 11.4 Å². The van der Waals surface area contributed by atoms with Crippen LogP contribution in [0.1, 0.15) is 16.7 Å². The highest BCUT2D eigenvalue weighted by atomic mass is 19.4. The molecule has 0 saturated heterocycles. The quantitative estimate of drug-likeness (QED) is 0.284. The number of fused-ring (bicyclic) bond motifs is 1. The number of aliphatic hydroxyl groups excluding tert-OH is 1. The minimum absolute atomic E-state index is 0.0109. The Morgan fingerprint density at radius 3 is 2.34 bits per heavy atom. The highest BCUT2D eigenvalue weighted by molar-refractivity contribution is 5.86. The molecule has 1 atom stereocenters. The van der Waals surface area contributed by atoms with Gasteiger partial charge in [0.25, 0.3) is 5.56 Å². The molecule has 0 amide bonds. The normalized spacial score (nSPS) is 13.2. The monoisotopic (exact) mass is 496 g/mol. The third-order valence-electron chi connectivity index (χ3n) is 5.32. The molecule has 4 aromatic rings. The first-order chi connectivity index (χ1) is 16.5. The van der Waals surface area contributed by atoms with E-state index >= 15 is 0 Å². The number of rotatable bonds is 6. The van der Waals surface area contributed by atoms with Gasteiger partial charge in [0, 0.05) is 6.20 Å². The lowest BCUT2D eigenvalue weighted by Crippen LogP contribution is -2.28. The van der Waals surface area contributed by atoms with E-state index in [1.807, 2.05) is 30.3 Å². The van der Waals surface area contributed by atoms with Gasteiger partial charge < -0.3 is 20.4 Å². The number of pyridine rings is 1. The van der Waals surface area contributed by atoms with Crippen LogP contribution in [0.2, 0.25) is 0 Å². The van der Waals surface area contributed by atoms with Crippen LogP contribution in [0.3, 0.4) is 0 Å². The van der Waals surface area contributed by atoms with Crippen molar-refractivity contribution >= 4 is 16.7 Å². The van der Waals surface area contributed by atoms with Crippen LogP contribution in [0.15, 0.2) is 59.5 Å². The third-order valence-corrected chi connectivity index (χ3v) is 5.32. The molecule has 184 valence electrons. The summed E-state index contributed by atoms with van der Waals surface area (Å²) >= 11 is 0. The number of aromatic nitrogens is 3. The summed E-state index contributed by atoms with van der Waals surface area (Å²) in [6, 6.07) is 10.4. The minimum Gasteiger partial charge on any atom is -0.394 e. The van der Waals surface area contributed by atoms with Gasteiger partial charge in [-0.1, -0.05) is 30.3 Å². The number of nitrogens with one attached hydrogen (secondary N) is 3. The minimum atomic E-state index is -5.12. The summed E-state index contributed by atoms with van der Waals surface area (Å²) in [4.78, 5) is 21.3. The van der Waals surface area contributed by atoms with E-state index in [9.17, 15) is 36.2 Å². The fraction of sp³-hybridized carbons (Fsp3) is 0.217. The van der Waals surface area contributed by atoms with Crippen LogP contribution in [-0.2, 0) is 18.8 Å². The summed E-state index contributed by atoms with van der Waals surface area (Å²) in [5.41, 5.74) is -4.31. The van der Waals surface area contributed by atoms with Crippen LogP contribution >= 0.6 is 0 Å². The topological polar surface area (TPSA) is 93.8 Å². The third kappa shape index (κ3) is 5.16. The summed E-state index contributed by atoms with van der Waals surface area (Å²) in [5.74, 6) is -0.356. The number of nitrogens with zero attached hydrogens (tertiary/aromatic N) is 1. The molecular weight excluding hydrogens is 478 g/mol. The molecule has 0 fully saturated rings. The van der Waals surface area contributed by atoms with E-state index in [4.69, 9.17) is 0 Å². The second-order valence-corrected chi connectivity index (χ2v) is 7.81. The zero-order chi connectivity index (χ0) is 25.4. The Morgan fingerprint density at radius 2 is 1.71 bits per heavy atom. The van der Waals surface area contributed by atoms with E-state index in [2.05, 4.69) is 20.3 Å². The molecule has 0 aliphatic rings. The van der Waals surface area contributed by atoms with E-state index in [1.165, 1.54) is 12.3 Å². The molecule has 35 heavy (non-hydrogen) atoms. The number of hydrogen-bond acceptors (Lipinski definition) is 4. The van der Waals surface area contributed by atoms with Crippen LogP contribution in [0.25, 0.3) is 22.4 Å². The second kappa shape index (κ2) is 9.10. The number of halogens is 6. The number of anilines is 1. The summed E-state index contributed by atoms with van der Waals surface area (Å²) in [6.07, 6.45) is -8.50. The van der Waals surface area contributed by atoms with Crippen molar-refractivity contribution in [1.29, 1.82) is 0 Å². The van der Waals surface area contributed by atoms with Crippen molar-refractivity contribution in [3.05, 3.63) is 81.8 Å². The Bertz CT molecular complexity index is 1390. The van der Waals surface area contributed by atoms with Gasteiger partial charge in [-0.3, -0.25) is 4.79 Å². The van der Waals surface area contributed by atoms with Crippen LogP contribution in [0, 0.1) is 0 Å². The molecule has 0 unspecified atom stereocenters. The lowest BCUT2D eigenvalue weighted by molar-refractivity contribution is -0.142. The molecular formula is C23H18F6N4O2. The van der Waals surface area contributed by atoms with Gasteiger partial charge in [0.2, 0.25) is 0 Å². The average molecular weight is 496 g/mol. The number of alkyl halides is 6. The molecule has 2 aromatic carbocycles. The average Bonchev–Trinajstić information content (AvgIpc) is 3.21. The Morgan fingerprint density at radius 1 is 1.00 bits per heavy atom. The molecule has 0 radical (unpaired) electrons. The smallest absolute Gasteiger partial charge is 0.394 e. The Kier molecular flexibility index (Phi) is 6.32. The van der Waals surface area contributed by atoms with E-state index in [-0.39, 0.29) is 29.7 Å². The summed E-state index contributed by atoms with van der Waals surface area (Å²) in [7, 11) is 0. The number of hydrogen-bond donors (Lipinski definition) is 4. The van der Waals surface area contributed by atoms with Crippen LogP contribution in [-0.4, -0.2) is 32.7 Å². The van der Waals surface area contributed by atoms with Crippen molar-refractivity contribution < 1.29 is 31.4 Å². The first kappa shape index (κ1) is 24.3. The van der Waals surface area contributed by atoms with Crippen LogP contribution < -0.4 is 10.9 Å². The maximum atomic E-state index is 13.6.